The van der Waals surface area contributed by atoms with Crippen LogP contribution in [-0.2, 0) is 6.42 Å². The number of hydrogen-bond donors (Lipinski definition) is 0. The van der Waals surface area contributed by atoms with Gasteiger partial charge in [0.2, 0.25) is 0 Å². The molecule has 41 heavy (non-hydrogen) atoms. The quantitative estimate of drug-likeness (QED) is 0.217. The smallest absolute Gasteiger partial charge is 0.310 e. The van der Waals surface area contributed by atoms with E-state index in [0.717, 1.165) is 28.1 Å². The third-order valence-corrected chi connectivity index (χ3v) is 9.09. The van der Waals surface area contributed by atoms with Gasteiger partial charge in [0.25, 0.3) is 5.56 Å². The van der Waals surface area contributed by atoms with Gasteiger partial charge in [-0.15, -0.1) is 11.3 Å². The molecule has 0 saturated heterocycles. The van der Waals surface area contributed by atoms with E-state index in [1.807, 2.05) is 73.7 Å². The Morgan fingerprint density at radius 3 is 2.07 bits per heavy atom. The highest BCUT2D eigenvalue weighted by molar-refractivity contribution is 7.19. The van der Waals surface area contributed by atoms with Crippen molar-refractivity contribution >= 4 is 21.6 Å². The SMILES string of the molecule is Cc1ccc(Oc2nc3sc4c(c3c(=O)n2-c2ccccc2)CC(c2ccccc2)N(C)C4c2ccccc2)cc1. The first-order valence-electron chi connectivity index (χ1n) is 13.8. The van der Waals surface area contributed by atoms with Crippen LogP contribution in [0.2, 0.25) is 0 Å². The molecule has 0 N–H and O–H groups in total. The van der Waals surface area contributed by atoms with Gasteiger partial charge in [-0.3, -0.25) is 9.69 Å². The first-order chi connectivity index (χ1) is 20.1. The predicted molar refractivity (Wildman–Crippen MR) is 165 cm³/mol. The molecule has 7 rings (SSSR count). The van der Waals surface area contributed by atoms with Gasteiger partial charge in [-0.1, -0.05) is 96.6 Å². The molecule has 0 aliphatic carbocycles. The number of aromatic nitrogens is 2. The van der Waals surface area contributed by atoms with E-state index in [9.17, 15) is 4.79 Å². The lowest BCUT2D eigenvalue weighted by Gasteiger charge is -2.40. The zero-order chi connectivity index (χ0) is 27.9. The summed E-state index contributed by atoms with van der Waals surface area (Å²) in [6, 6.07) is 38.9. The number of thiophene rings is 1. The van der Waals surface area contributed by atoms with Crippen molar-refractivity contribution in [3.63, 3.8) is 0 Å². The van der Waals surface area contributed by atoms with Crippen molar-refractivity contribution in [2.45, 2.75) is 25.4 Å². The molecule has 1 aliphatic heterocycles. The van der Waals surface area contributed by atoms with E-state index in [4.69, 9.17) is 9.72 Å². The molecule has 1 aliphatic rings. The first-order valence-corrected chi connectivity index (χ1v) is 14.6. The van der Waals surface area contributed by atoms with Crippen LogP contribution in [0, 0.1) is 6.92 Å². The molecule has 4 aromatic carbocycles. The molecule has 0 spiro atoms. The lowest BCUT2D eigenvalue weighted by molar-refractivity contribution is 0.185. The van der Waals surface area contributed by atoms with Crippen molar-refractivity contribution in [3.8, 4) is 17.4 Å². The zero-order valence-corrected chi connectivity index (χ0v) is 23.7. The number of hydrogen-bond acceptors (Lipinski definition) is 5. The summed E-state index contributed by atoms with van der Waals surface area (Å²) in [7, 11) is 2.18. The van der Waals surface area contributed by atoms with Crippen LogP contribution in [0.15, 0.2) is 120 Å². The van der Waals surface area contributed by atoms with Gasteiger partial charge in [-0.2, -0.15) is 4.98 Å². The van der Waals surface area contributed by atoms with E-state index >= 15 is 0 Å². The Morgan fingerprint density at radius 1 is 0.805 bits per heavy atom. The van der Waals surface area contributed by atoms with Crippen molar-refractivity contribution in [3.05, 3.63) is 153 Å². The fourth-order valence-corrected chi connectivity index (χ4v) is 7.23. The molecule has 2 unspecified atom stereocenters. The second-order valence-corrected chi connectivity index (χ2v) is 11.6. The Bertz CT molecular complexity index is 1880. The molecule has 0 fully saturated rings. The van der Waals surface area contributed by atoms with Gasteiger partial charge in [-0.05, 0) is 61.3 Å². The second kappa shape index (κ2) is 10.5. The van der Waals surface area contributed by atoms with Crippen LogP contribution in [0.1, 0.15) is 39.2 Å². The lowest BCUT2D eigenvalue weighted by atomic mass is 9.87. The number of aryl methyl sites for hydroxylation is 1. The van der Waals surface area contributed by atoms with E-state index in [0.29, 0.717) is 16.0 Å². The monoisotopic (exact) mass is 555 g/mol. The molecule has 6 aromatic rings. The molecule has 6 heteroatoms. The molecule has 0 amide bonds. The van der Waals surface area contributed by atoms with Crippen LogP contribution in [0.4, 0.5) is 0 Å². The largest absolute Gasteiger partial charge is 0.425 e. The highest BCUT2D eigenvalue weighted by atomic mass is 32.1. The van der Waals surface area contributed by atoms with Gasteiger partial charge < -0.3 is 4.74 Å². The summed E-state index contributed by atoms with van der Waals surface area (Å²) in [5, 5.41) is 0.681. The Hall–Kier alpha value is -4.52. The normalized spacial score (nSPS) is 16.9. The number of fused-ring (bicyclic) bond motifs is 3. The van der Waals surface area contributed by atoms with E-state index in [1.54, 1.807) is 15.9 Å². The van der Waals surface area contributed by atoms with Crippen LogP contribution >= 0.6 is 11.3 Å². The summed E-state index contributed by atoms with van der Waals surface area (Å²) in [5.74, 6) is 0.638. The molecule has 2 atom stereocenters. The minimum atomic E-state index is -0.107. The van der Waals surface area contributed by atoms with E-state index in [-0.39, 0.29) is 23.7 Å². The molecule has 5 nitrogen and oxygen atoms in total. The topological polar surface area (TPSA) is 47.4 Å². The third-order valence-electron chi connectivity index (χ3n) is 7.91. The van der Waals surface area contributed by atoms with Gasteiger partial charge >= 0.3 is 6.01 Å². The van der Waals surface area contributed by atoms with Crippen LogP contribution in [-0.4, -0.2) is 21.5 Å². The highest BCUT2D eigenvalue weighted by Crippen LogP contribution is 2.48. The second-order valence-electron chi connectivity index (χ2n) is 10.5. The third kappa shape index (κ3) is 4.55. The van der Waals surface area contributed by atoms with Crippen molar-refractivity contribution in [2.75, 3.05) is 7.05 Å². The highest BCUT2D eigenvalue weighted by Gasteiger charge is 2.38. The summed E-state index contributed by atoms with van der Waals surface area (Å²) in [6.45, 7) is 2.03. The number of nitrogens with zero attached hydrogens (tertiary/aromatic N) is 3. The standard InChI is InChI=1S/C35H29N3O2S/c1-23-18-20-27(21-19-23)40-35-36-33-30(34(39)38(35)26-16-10-5-11-17-26)28-22-29(24-12-6-3-7-13-24)37(2)31(32(28)41-33)25-14-8-4-9-15-25/h3-21,29,31H,22H2,1-2H3. The minimum Gasteiger partial charge on any atom is -0.425 e. The summed E-state index contributed by atoms with van der Waals surface area (Å²) in [4.78, 5) is 23.9. The van der Waals surface area contributed by atoms with Crippen LogP contribution in [0.25, 0.3) is 15.9 Å². The van der Waals surface area contributed by atoms with Crippen molar-refractivity contribution in [1.82, 2.24) is 14.5 Å². The number of ether oxygens (including phenoxy) is 1. The summed E-state index contributed by atoms with van der Waals surface area (Å²) >= 11 is 1.60. The number of likely N-dealkylation sites (N-methyl/N-ethyl adjacent to an activating group) is 1. The Morgan fingerprint density at radius 2 is 1.41 bits per heavy atom. The Labute approximate surface area is 242 Å². The molecular weight excluding hydrogens is 526 g/mol. The van der Waals surface area contributed by atoms with E-state index in [2.05, 4.69) is 60.5 Å². The van der Waals surface area contributed by atoms with E-state index < -0.39 is 0 Å². The molecule has 0 saturated carbocycles. The van der Waals surface area contributed by atoms with Crippen LogP contribution < -0.4 is 10.3 Å². The number of rotatable bonds is 5. The summed E-state index contributed by atoms with van der Waals surface area (Å²) in [5.41, 5.74) is 5.26. The van der Waals surface area contributed by atoms with Gasteiger partial charge in [-0.25, -0.2) is 4.57 Å². The van der Waals surface area contributed by atoms with Gasteiger partial charge in [0, 0.05) is 10.9 Å². The average Bonchev–Trinajstić information content (AvgIpc) is 3.37. The van der Waals surface area contributed by atoms with Crippen molar-refractivity contribution in [2.24, 2.45) is 0 Å². The van der Waals surface area contributed by atoms with Gasteiger partial charge in [0.05, 0.1) is 17.1 Å². The van der Waals surface area contributed by atoms with Crippen LogP contribution in [0.5, 0.6) is 11.8 Å². The molecular formula is C35H29N3O2S. The molecule has 0 bridgehead atoms. The maximum atomic E-state index is 14.5. The molecule has 2 aromatic heterocycles. The lowest BCUT2D eigenvalue weighted by Crippen LogP contribution is -2.35. The summed E-state index contributed by atoms with van der Waals surface area (Å²) in [6.07, 6.45) is 0.725. The maximum Gasteiger partial charge on any atom is 0.310 e. The molecule has 3 heterocycles. The molecule has 0 radical (unpaired) electrons. The first kappa shape index (κ1) is 25.4. The summed E-state index contributed by atoms with van der Waals surface area (Å²) < 4.78 is 7.92. The predicted octanol–water partition coefficient (Wildman–Crippen LogP) is 7.87. The molecule has 202 valence electrons. The van der Waals surface area contributed by atoms with Crippen molar-refractivity contribution in [1.29, 1.82) is 0 Å². The number of benzene rings is 4. The maximum absolute atomic E-state index is 14.5. The minimum absolute atomic E-state index is 0.00426. The van der Waals surface area contributed by atoms with Gasteiger partial charge in [0.15, 0.2) is 0 Å². The van der Waals surface area contributed by atoms with Crippen molar-refractivity contribution < 1.29 is 4.74 Å². The average molecular weight is 556 g/mol. The fraction of sp³-hybridized carbons (Fsp3) is 0.143. The van der Waals surface area contributed by atoms with Crippen LogP contribution in [0.3, 0.4) is 0 Å². The van der Waals surface area contributed by atoms with E-state index in [1.165, 1.54) is 11.1 Å². The Balaban J connectivity index is 1.48. The number of para-hydroxylation sites is 1. The van der Waals surface area contributed by atoms with Gasteiger partial charge in [0.1, 0.15) is 10.6 Å². The Kier molecular flexibility index (Phi) is 6.50. The zero-order valence-electron chi connectivity index (χ0n) is 22.9. The fourth-order valence-electron chi connectivity index (χ4n) is 5.86.